The Morgan fingerprint density at radius 1 is 1.10 bits per heavy atom. The number of rotatable bonds is 3. The zero-order valence-electron chi connectivity index (χ0n) is 17.3. The van der Waals surface area contributed by atoms with Gasteiger partial charge in [-0.15, -0.1) is 24.0 Å². The van der Waals surface area contributed by atoms with Gasteiger partial charge >= 0.3 is 0 Å². The normalized spacial score (nSPS) is 16.9. The van der Waals surface area contributed by atoms with E-state index in [4.69, 9.17) is 0 Å². The number of aliphatic imine (C=N–C) groups is 1. The maximum atomic E-state index is 4.51. The molecule has 2 aromatic rings. The molecule has 2 aliphatic heterocycles. The number of piperazine rings is 1. The SMILES string of the molecule is CN=C(NCc1ccc2c(c1)CCCN2C)N1CCN(c2ccccn2)CC1.I. The number of fused-ring (bicyclic) bond motifs is 1. The first-order valence-corrected chi connectivity index (χ1v) is 10.2. The minimum absolute atomic E-state index is 0. The van der Waals surface area contributed by atoms with Crippen LogP contribution in [0.3, 0.4) is 0 Å². The molecule has 0 atom stereocenters. The number of anilines is 2. The van der Waals surface area contributed by atoms with Crippen LogP contribution in [0.4, 0.5) is 11.5 Å². The van der Waals surface area contributed by atoms with Crippen LogP contribution in [0.1, 0.15) is 17.5 Å². The van der Waals surface area contributed by atoms with Crippen LogP contribution in [0, 0.1) is 0 Å². The monoisotopic (exact) mass is 506 g/mol. The Morgan fingerprint density at radius 3 is 2.66 bits per heavy atom. The summed E-state index contributed by atoms with van der Waals surface area (Å²) >= 11 is 0. The van der Waals surface area contributed by atoms with Crippen LogP contribution in [-0.2, 0) is 13.0 Å². The number of benzene rings is 1. The van der Waals surface area contributed by atoms with Gasteiger partial charge in [-0.1, -0.05) is 18.2 Å². The van der Waals surface area contributed by atoms with Crippen molar-refractivity contribution in [1.29, 1.82) is 0 Å². The highest BCUT2D eigenvalue weighted by atomic mass is 127. The number of halogens is 1. The molecule has 0 spiro atoms. The van der Waals surface area contributed by atoms with Crippen LogP contribution in [0.15, 0.2) is 47.6 Å². The summed E-state index contributed by atoms with van der Waals surface area (Å²) in [4.78, 5) is 16.0. The molecule has 29 heavy (non-hydrogen) atoms. The van der Waals surface area contributed by atoms with Gasteiger partial charge < -0.3 is 20.0 Å². The van der Waals surface area contributed by atoms with E-state index < -0.39 is 0 Å². The van der Waals surface area contributed by atoms with Crippen LogP contribution >= 0.6 is 24.0 Å². The minimum Gasteiger partial charge on any atom is -0.374 e. The highest BCUT2D eigenvalue weighted by Gasteiger charge is 2.20. The molecular formula is C22H31IN6. The van der Waals surface area contributed by atoms with Gasteiger partial charge in [0.05, 0.1) is 0 Å². The van der Waals surface area contributed by atoms with Crippen LogP contribution in [0.2, 0.25) is 0 Å². The molecule has 0 radical (unpaired) electrons. The Kier molecular flexibility index (Phi) is 7.57. The molecule has 4 rings (SSSR count). The first-order chi connectivity index (χ1) is 13.7. The number of nitrogens with one attached hydrogen (secondary N) is 1. The summed E-state index contributed by atoms with van der Waals surface area (Å²) in [7, 11) is 4.05. The van der Waals surface area contributed by atoms with Crippen molar-refractivity contribution in [2.45, 2.75) is 19.4 Å². The number of hydrogen-bond donors (Lipinski definition) is 1. The average molecular weight is 506 g/mol. The predicted molar refractivity (Wildman–Crippen MR) is 132 cm³/mol. The summed E-state index contributed by atoms with van der Waals surface area (Å²) < 4.78 is 0. The number of hydrogen-bond acceptors (Lipinski definition) is 4. The fourth-order valence-electron chi connectivity index (χ4n) is 4.15. The van der Waals surface area contributed by atoms with E-state index in [1.807, 2.05) is 25.4 Å². The molecule has 1 N–H and O–H groups in total. The first kappa shape index (κ1) is 21.7. The zero-order chi connectivity index (χ0) is 19.3. The zero-order valence-corrected chi connectivity index (χ0v) is 19.7. The molecule has 3 heterocycles. The second-order valence-electron chi connectivity index (χ2n) is 7.55. The summed E-state index contributed by atoms with van der Waals surface area (Å²) in [6.45, 7) is 5.79. The van der Waals surface area contributed by atoms with Crippen LogP contribution in [-0.4, -0.2) is 62.7 Å². The third kappa shape index (κ3) is 5.12. The standard InChI is InChI=1S/C22H30N6.HI/c1-23-22(28-14-12-27(13-15-28)21-7-3-4-10-24-21)25-17-18-8-9-20-19(16-18)6-5-11-26(20)2;/h3-4,7-10,16H,5-6,11-15,17H2,1-2H3,(H,23,25);1H. The molecule has 156 valence electrons. The first-order valence-electron chi connectivity index (χ1n) is 10.2. The van der Waals surface area contributed by atoms with E-state index in [9.17, 15) is 0 Å². The van der Waals surface area contributed by atoms with E-state index in [1.165, 1.54) is 29.7 Å². The molecule has 6 nitrogen and oxygen atoms in total. The van der Waals surface area contributed by atoms with Gasteiger partial charge in [-0.25, -0.2) is 4.98 Å². The predicted octanol–water partition coefficient (Wildman–Crippen LogP) is 2.98. The number of pyridine rings is 1. The van der Waals surface area contributed by atoms with E-state index in [-0.39, 0.29) is 24.0 Å². The Labute approximate surface area is 191 Å². The Bertz CT molecular complexity index is 817. The van der Waals surface area contributed by atoms with Crippen LogP contribution < -0.4 is 15.1 Å². The fraction of sp³-hybridized carbons (Fsp3) is 0.455. The molecule has 0 aliphatic carbocycles. The van der Waals surface area contributed by atoms with Gasteiger partial charge in [0, 0.05) is 65.2 Å². The summed E-state index contributed by atoms with van der Waals surface area (Å²) in [5.74, 6) is 2.04. The molecule has 2 aliphatic rings. The minimum atomic E-state index is 0. The second-order valence-corrected chi connectivity index (χ2v) is 7.55. The van der Waals surface area contributed by atoms with Crippen molar-refractivity contribution in [3.05, 3.63) is 53.7 Å². The van der Waals surface area contributed by atoms with E-state index >= 15 is 0 Å². The van der Waals surface area contributed by atoms with Gasteiger partial charge in [-0.05, 0) is 42.2 Å². The number of aryl methyl sites for hydroxylation is 1. The molecule has 0 unspecified atom stereocenters. The van der Waals surface area contributed by atoms with Crippen molar-refractivity contribution >= 4 is 41.4 Å². The van der Waals surface area contributed by atoms with E-state index in [0.717, 1.165) is 51.0 Å². The topological polar surface area (TPSA) is 47.0 Å². The third-order valence-corrected chi connectivity index (χ3v) is 5.71. The molecule has 1 aromatic heterocycles. The Hall–Kier alpha value is -2.03. The molecular weight excluding hydrogens is 475 g/mol. The van der Waals surface area contributed by atoms with Gasteiger partial charge in [0.1, 0.15) is 5.82 Å². The molecule has 1 fully saturated rings. The lowest BCUT2D eigenvalue weighted by molar-refractivity contribution is 0.371. The number of aromatic nitrogens is 1. The summed E-state index contributed by atoms with van der Waals surface area (Å²) in [5, 5.41) is 3.56. The molecule has 7 heteroatoms. The smallest absolute Gasteiger partial charge is 0.194 e. The van der Waals surface area contributed by atoms with Gasteiger partial charge in [-0.3, -0.25) is 4.99 Å². The summed E-state index contributed by atoms with van der Waals surface area (Å²) in [6.07, 6.45) is 4.28. The van der Waals surface area contributed by atoms with Crippen molar-refractivity contribution in [2.75, 3.05) is 56.6 Å². The second kappa shape index (κ2) is 10.1. The van der Waals surface area contributed by atoms with Gasteiger partial charge in [0.2, 0.25) is 0 Å². The quantitative estimate of drug-likeness (QED) is 0.394. The van der Waals surface area contributed by atoms with Crippen molar-refractivity contribution in [1.82, 2.24) is 15.2 Å². The number of nitrogens with zero attached hydrogens (tertiary/aromatic N) is 5. The highest BCUT2D eigenvalue weighted by molar-refractivity contribution is 14.0. The van der Waals surface area contributed by atoms with Gasteiger partial charge in [-0.2, -0.15) is 0 Å². The van der Waals surface area contributed by atoms with Crippen molar-refractivity contribution < 1.29 is 0 Å². The fourth-order valence-corrected chi connectivity index (χ4v) is 4.15. The third-order valence-electron chi connectivity index (χ3n) is 5.71. The molecule has 0 bridgehead atoms. The molecule has 1 saturated heterocycles. The maximum absolute atomic E-state index is 4.51. The van der Waals surface area contributed by atoms with Gasteiger partial charge in [0.15, 0.2) is 5.96 Å². The largest absolute Gasteiger partial charge is 0.374 e. The maximum Gasteiger partial charge on any atom is 0.194 e. The highest BCUT2D eigenvalue weighted by Crippen LogP contribution is 2.26. The van der Waals surface area contributed by atoms with E-state index in [1.54, 1.807) is 0 Å². The lowest BCUT2D eigenvalue weighted by Crippen LogP contribution is -2.52. The Balaban J connectivity index is 0.00000240. The molecule has 0 amide bonds. The molecule has 0 saturated carbocycles. The van der Waals surface area contributed by atoms with Crippen molar-refractivity contribution in [3.8, 4) is 0 Å². The molecule has 1 aromatic carbocycles. The average Bonchev–Trinajstić information content (AvgIpc) is 2.75. The van der Waals surface area contributed by atoms with Gasteiger partial charge in [0.25, 0.3) is 0 Å². The summed E-state index contributed by atoms with van der Waals surface area (Å²) in [6, 6.07) is 12.9. The lowest BCUT2D eigenvalue weighted by atomic mass is 9.99. The van der Waals surface area contributed by atoms with E-state index in [0.29, 0.717) is 0 Å². The summed E-state index contributed by atoms with van der Waals surface area (Å²) in [5.41, 5.74) is 4.17. The van der Waals surface area contributed by atoms with Crippen molar-refractivity contribution in [3.63, 3.8) is 0 Å². The van der Waals surface area contributed by atoms with Crippen LogP contribution in [0.25, 0.3) is 0 Å². The Morgan fingerprint density at radius 2 is 1.93 bits per heavy atom. The lowest BCUT2D eigenvalue weighted by Gasteiger charge is -2.37. The van der Waals surface area contributed by atoms with E-state index in [2.05, 4.69) is 61.3 Å². The van der Waals surface area contributed by atoms with Crippen LogP contribution in [0.5, 0.6) is 0 Å². The van der Waals surface area contributed by atoms with Crippen molar-refractivity contribution in [2.24, 2.45) is 4.99 Å². The number of guanidine groups is 1.